The molecular formula is C7H9N3. The first-order valence-corrected chi connectivity index (χ1v) is 2.91. The first kappa shape index (κ1) is 6.77. The van der Waals surface area contributed by atoms with Crippen LogP contribution in [0.1, 0.15) is 0 Å². The summed E-state index contributed by atoms with van der Waals surface area (Å²) < 4.78 is 0. The quantitative estimate of drug-likeness (QED) is 0.365. The van der Waals surface area contributed by atoms with Gasteiger partial charge in [-0.05, 0) is 18.9 Å². The van der Waals surface area contributed by atoms with E-state index in [1.54, 1.807) is 0 Å². The van der Waals surface area contributed by atoms with Crippen molar-refractivity contribution >= 4 is 18.1 Å². The maximum absolute atomic E-state index is 5.19. The van der Waals surface area contributed by atoms with Gasteiger partial charge in [0.15, 0.2) is 0 Å². The molecule has 0 unspecified atom stereocenters. The van der Waals surface area contributed by atoms with E-state index in [0.717, 1.165) is 11.4 Å². The van der Waals surface area contributed by atoms with Crippen LogP contribution in [0.15, 0.2) is 29.3 Å². The molecule has 0 saturated carbocycles. The van der Waals surface area contributed by atoms with Crippen molar-refractivity contribution in [3.8, 4) is 0 Å². The summed E-state index contributed by atoms with van der Waals surface area (Å²) in [7, 11) is 0. The number of anilines is 1. The zero-order valence-corrected chi connectivity index (χ0v) is 5.54. The summed E-state index contributed by atoms with van der Waals surface area (Å²) in [6.45, 7) is 3.39. The maximum Gasteiger partial charge on any atom is 0.0866 e. The van der Waals surface area contributed by atoms with Gasteiger partial charge in [-0.3, -0.25) is 10.8 Å². The predicted molar refractivity (Wildman–Crippen MR) is 43.5 cm³/mol. The topological polar surface area (TPSA) is 50.4 Å². The van der Waals surface area contributed by atoms with Crippen molar-refractivity contribution in [2.24, 2.45) is 10.8 Å². The molecule has 0 atom stereocenters. The summed E-state index contributed by atoms with van der Waals surface area (Å²) in [5.41, 5.74) is 4.07. The Morgan fingerprint density at radius 1 is 1.40 bits per heavy atom. The number of nitrogens with zero attached hydrogens (tertiary/aromatic N) is 1. The summed E-state index contributed by atoms with van der Waals surface area (Å²) >= 11 is 0. The van der Waals surface area contributed by atoms with Crippen LogP contribution in [-0.4, -0.2) is 6.72 Å². The molecule has 0 aliphatic rings. The number of nitrogens with one attached hydrogen (secondary N) is 1. The molecule has 1 aromatic rings. The Balaban J connectivity index is 3.08. The molecule has 0 amide bonds. The van der Waals surface area contributed by atoms with Gasteiger partial charge in [0.05, 0.1) is 11.4 Å². The van der Waals surface area contributed by atoms with E-state index in [1.807, 2.05) is 24.3 Å². The van der Waals surface area contributed by atoms with Gasteiger partial charge in [0.1, 0.15) is 0 Å². The first-order valence-electron chi connectivity index (χ1n) is 2.91. The van der Waals surface area contributed by atoms with Crippen LogP contribution >= 0.6 is 0 Å². The Hall–Kier alpha value is -1.35. The van der Waals surface area contributed by atoms with Crippen molar-refractivity contribution in [3.05, 3.63) is 24.3 Å². The SMILES string of the molecule is C=Nc1ccccc1NN. The molecule has 0 spiro atoms. The fourth-order valence-corrected chi connectivity index (χ4v) is 0.734. The molecule has 0 bridgehead atoms. The number of rotatable bonds is 2. The van der Waals surface area contributed by atoms with Gasteiger partial charge in [-0.1, -0.05) is 12.1 Å². The van der Waals surface area contributed by atoms with Crippen LogP contribution in [0.2, 0.25) is 0 Å². The molecule has 0 heterocycles. The van der Waals surface area contributed by atoms with E-state index in [0.29, 0.717) is 0 Å². The van der Waals surface area contributed by atoms with Gasteiger partial charge in [0.2, 0.25) is 0 Å². The highest BCUT2D eigenvalue weighted by atomic mass is 15.2. The lowest BCUT2D eigenvalue weighted by atomic mass is 10.3. The highest BCUT2D eigenvalue weighted by molar-refractivity contribution is 5.66. The first-order chi connectivity index (χ1) is 4.88. The number of hydrogen-bond acceptors (Lipinski definition) is 3. The Labute approximate surface area is 59.6 Å². The molecule has 0 aromatic heterocycles. The van der Waals surface area contributed by atoms with Gasteiger partial charge in [0.25, 0.3) is 0 Å². The monoisotopic (exact) mass is 135 g/mol. The van der Waals surface area contributed by atoms with Gasteiger partial charge in [-0.2, -0.15) is 0 Å². The lowest BCUT2D eigenvalue weighted by molar-refractivity contribution is 1.34. The van der Waals surface area contributed by atoms with Gasteiger partial charge in [0, 0.05) is 0 Å². The van der Waals surface area contributed by atoms with Crippen LogP contribution in [0, 0.1) is 0 Å². The highest BCUT2D eigenvalue weighted by Crippen LogP contribution is 2.21. The average Bonchev–Trinajstić information content (AvgIpc) is 2.04. The summed E-state index contributed by atoms with van der Waals surface area (Å²) in [5.74, 6) is 5.19. The summed E-state index contributed by atoms with van der Waals surface area (Å²) in [5, 5.41) is 0. The lowest BCUT2D eigenvalue weighted by Crippen LogP contribution is -2.06. The number of benzene rings is 1. The average molecular weight is 135 g/mol. The number of hydrazine groups is 1. The minimum atomic E-state index is 0.769. The molecule has 0 saturated heterocycles. The van der Waals surface area contributed by atoms with E-state index < -0.39 is 0 Å². The van der Waals surface area contributed by atoms with E-state index in [4.69, 9.17) is 5.84 Å². The van der Waals surface area contributed by atoms with Crippen molar-refractivity contribution in [1.29, 1.82) is 0 Å². The van der Waals surface area contributed by atoms with Crippen molar-refractivity contribution < 1.29 is 0 Å². The molecule has 3 nitrogen and oxygen atoms in total. The minimum absolute atomic E-state index is 0.769. The molecule has 3 N–H and O–H groups in total. The van der Waals surface area contributed by atoms with E-state index in [1.165, 1.54) is 0 Å². The van der Waals surface area contributed by atoms with Crippen molar-refractivity contribution in [2.45, 2.75) is 0 Å². The van der Waals surface area contributed by atoms with E-state index in [9.17, 15) is 0 Å². The number of hydrogen-bond donors (Lipinski definition) is 2. The van der Waals surface area contributed by atoms with Crippen LogP contribution in [0.5, 0.6) is 0 Å². The molecule has 0 aliphatic heterocycles. The Kier molecular flexibility index (Phi) is 2.02. The fraction of sp³-hybridized carbons (Fsp3) is 0. The highest BCUT2D eigenvalue weighted by Gasteiger charge is 1.93. The molecule has 52 valence electrons. The molecule has 0 aliphatic carbocycles. The van der Waals surface area contributed by atoms with Crippen LogP contribution in [0.4, 0.5) is 11.4 Å². The standard InChI is InChI=1S/C7H9N3/c1-9-6-4-2-3-5-7(6)10-8/h2-5,10H,1,8H2. The Bertz CT molecular complexity index is 232. The van der Waals surface area contributed by atoms with Crippen molar-refractivity contribution in [1.82, 2.24) is 0 Å². The summed E-state index contributed by atoms with van der Waals surface area (Å²) in [4.78, 5) is 3.75. The zero-order valence-electron chi connectivity index (χ0n) is 5.54. The smallest absolute Gasteiger partial charge is 0.0866 e. The molecule has 10 heavy (non-hydrogen) atoms. The second-order valence-electron chi connectivity index (χ2n) is 1.82. The number of nitrogen functional groups attached to an aromatic ring is 1. The third-order valence-corrected chi connectivity index (χ3v) is 1.23. The minimum Gasteiger partial charge on any atom is -0.322 e. The van der Waals surface area contributed by atoms with Gasteiger partial charge >= 0.3 is 0 Å². The number of para-hydroxylation sites is 2. The van der Waals surface area contributed by atoms with Gasteiger partial charge < -0.3 is 5.43 Å². The van der Waals surface area contributed by atoms with Crippen LogP contribution in [0.25, 0.3) is 0 Å². The van der Waals surface area contributed by atoms with E-state index >= 15 is 0 Å². The molecular weight excluding hydrogens is 126 g/mol. The Morgan fingerprint density at radius 3 is 2.60 bits per heavy atom. The predicted octanol–water partition coefficient (Wildman–Crippen LogP) is 1.30. The van der Waals surface area contributed by atoms with Crippen LogP contribution in [0.3, 0.4) is 0 Å². The van der Waals surface area contributed by atoms with Crippen LogP contribution in [-0.2, 0) is 0 Å². The molecule has 3 heteroatoms. The lowest BCUT2D eigenvalue weighted by Gasteiger charge is -2.01. The molecule has 1 aromatic carbocycles. The Morgan fingerprint density at radius 2 is 2.10 bits per heavy atom. The molecule has 1 rings (SSSR count). The normalized spacial score (nSPS) is 8.90. The molecule has 0 radical (unpaired) electrons. The third kappa shape index (κ3) is 1.14. The maximum atomic E-state index is 5.19. The van der Waals surface area contributed by atoms with Crippen molar-refractivity contribution in [2.75, 3.05) is 5.43 Å². The second kappa shape index (κ2) is 2.98. The third-order valence-electron chi connectivity index (χ3n) is 1.23. The van der Waals surface area contributed by atoms with E-state index in [-0.39, 0.29) is 0 Å². The summed E-state index contributed by atoms with van der Waals surface area (Å²) in [6, 6.07) is 7.43. The van der Waals surface area contributed by atoms with Crippen LogP contribution < -0.4 is 11.3 Å². The molecule has 0 fully saturated rings. The second-order valence-corrected chi connectivity index (χ2v) is 1.82. The van der Waals surface area contributed by atoms with Gasteiger partial charge in [-0.15, -0.1) is 0 Å². The van der Waals surface area contributed by atoms with Crippen molar-refractivity contribution in [3.63, 3.8) is 0 Å². The largest absolute Gasteiger partial charge is 0.322 e. The fourth-order valence-electron chi connectivity index (χ4n) is 0.734. The van der Waals surface area contributed by atoms with Gasteiger partial charge in [-0.25, -0.2) is 0 Å². The number of aliphatic imine (C=N–C) groups is 1. The summed E-state index contributed by atoms with van der Waals surface area (Å²) in [6.07, 6.45) is 0. The number of nitrogens with two attached hydrogens (primary N) is 1. The zero-order chi connectivity index (χ0) is 7.40. The van der Waals surface area contributed by atoms with E-state index in [2.05, 4.69) is 17.1 Å².